The summed E-state index contributed by atoms with van der Waals surface area (Å²) in [5.41, 5.74) is 1.27. The van der Waals surface area contributed by atoms with Gasteiger partial charge in [0, 0.05) is 16.9 Å². The van der Waals surface area contributed by atoms with Crippen LogP contribution in [-0.4, -0.2) is 21.8 Å². The Morgan fingerprint density at radius 1 is 0.769 bits per heavy atom. The first-order chi connectivity index (χ1) is 12.6. The Morgan fingerprint density at radius 2 is 1.35 bits per heavy atom. The summed E-state index contributed by atoms with van der Waals surface area (Å²) in [6, 6.07) is 17.4. The van der Waals surface area contributed by atoms with Gasteiger partial charge in [0.05, 0.1) is 16.0 Å². The molecule has 2 N–H and O–H groups in total. The fourth-order valence-electron chi connectivity index (χ4n) is 3.08. The van der Waals surface area contributed by atoms with Crippen molar-refractivity contribution in [1.82, 2.24) is 0 Å². The van der Waals surface area contributed by atoms with E-state index in [1.807, 2.05) is 30.3 Å². The minimum atomic E-state index is -0.456. The Bertz CT molecular complexity index is 1040. The molecule has 0 fully saturated rings. The second-order valence-corrected chi connectivity index (χ2v) is 6.99. The number of hydrogen-bond acceptors (Lipinski definition) is 5. The van der Waals surface area contributed by atoms with Gasteiger partial charge in [-0.05, 0) is 11.6 Å². The molecule has 3 aromatic carbocycles. The predicted molar refractivity (Wildman–Crippen MR) is 99.1 cm³/mol. The van der Waals surface area contributed by atoms with Crippen molar-refractivity contribution in [3.63, 3.8) is 0 Å². The van der Waals surface area contributed by atoms with Crippen LogP contribution in [0, 0.1) is 0 Å². The minimum Gasteiger partial charge on any atom is -0.507 e. The number of phenols is 2. The van der Waals surface area contributed by atoms with Gasteiger partial charge in [-0.2, -0.15) is 0 Å². The monoisotopic (exact) mass is 362 g/mol. The second kappa shape index (κ2) is 6.35. The molecule has 4 nitrogen and oxygen atoms in total. The molecule has 128 valence electrons. The first kappa shape index (κ1) is 16.4. The van der Waals surface area contributed by atoms with E-state index in [-0.39, 0.29) is 33.8 Å². The van der Waals surface area contributed by atoms with Crippen molar-refractivity contribution in [1.29, 1.82) is 0 Å². The fraction of sp³-hybridized carbons (Fsp3) is 0.0476. The molecule has 0 radical (unpaired) electrons. The largest absolute Gasteiger partial charge is 0.507 e. The summed E-state index contributed by atoms with van der Waals surface area (Å²) in [7, 11) is 0. The molecule has 0 saturated heterocycles. The number of thioether (sulfide) groups is 1. The van der Waals surface area contributed by atoms with Crippen LogP contribution in [0.2, 0.25) is 0 Å². The van der Waals surface area contributed by atoms with Gasteiger partial charge in [0.2, 0.25) is 0 Å². The van der Waals surface area contributed by atoms with E-state index in [4.69, 9.17) is 0 Å². The van der Waals surface area contributed by atoms with E-state index < -0.39 is 11.6 Å². The topological polar surface area (TPSA) is 74.6 Å². The zero-order chi connectivity index (χ0) is 18.3. The highest BCUT2D eigenvalue weighted by atomic mass is 32.2. The molecule has 0 atom stereocenters. The molecule has 0 aromatic heterocycles. The number of benzene rings is 3. The smallest absolute Gasteiger partial charge is 0.198 e. The van der Waals surface area contributed by atoms with E-state index in [0.717, 1.165) is 5.56 Å². The van der Waals surface area contributed by atoms with Gasteiger partial charge in [0.25, 0.3) is 0 Å². The molecule has 0 unspecified atom stereocenters. The zero-order valence-corrected chi connectivity index (χ0v) is 14.4. The maximum atomic E-state index is 12.8. The minimum absolute atomic E-state index is 0.121. The lowest BCUT2D eigenvalue weighted by molar-refractivity contribution is 0.0973. The quantitative estimate of drug-likeness (QED) is 0.423. The normalized spacial score (nSPS) is 12.6. The average Bonchev–Trinajstić information content (AvgIpc) is 2.67. The molecule has 1 aliphatic rings. The molecular weight excluding hydrogens is 348 g/mol. The van der Waals surface area contributed by atoms with Crippen LogP contribution < -0.4 is 0 Å². The predicted octanol–water partition coefficient (Wildman–Crippen LogP) is 4.17. The van der Waals surface area contributed by atoms with Gasteiger partial charge < -0.3 is 10.2 Å². The first-order valence-electron chi connectivity index (χ1n) is 8.02. The summed E-state index contributed by atoms with van der Waals surface area (Å²) < 4.78 is 0. The van der Waals surface area contributed by atoms with Crippen molar-refractivity contribution in [3.8, 4) is 11.5 Å². The van der Waals surface area contributed by atoms with Crippen molar-refractivity contribution >= 4 is 23.3 Å². The van der Waals surface area contributed by atoms with Gasteiger partial charge in [0.15, 0.2) is 11.6 Å². The molecule has 1 aliphatic carbocycles. The number of phenolic OH excluding ortho intramolecular Hbond substituents is 2. The van der Waals surface area contributed by atoms with Crippen LogP contribution in [0.1, 0.15) is 37.4 Å². The van der Waals surface area contributed by atoms with Gasteiger partial charge in [-0.25, -0.2) is 0 Å². The standard InChI is InChI=1S/C21H14O4S/c22-15-10-16(26-11-12-6-2-1-3-7-12)21(25)18-17(15)19(23)13-8-4-5-9-14(13)20(18)24/h1-10,22,25H,11H2. The van der Waals surface area contributed by atoms with Crippen molar-refractivity contribution < 1.29 is 19.8 Å². The molecule has 5 heteroatoms. The van der Waals surface area contributed by atoms with E-state index in [2.05, 4.69) is 0 Å². The second-order valence-electron chi connectivity index (χ2n) is 5.97. The molecule has 0 bridgehead atoms. The van der Waals surface area contributed by atoms with Crippen LogP contribution in [0.5, 0.6) is 11.5 Å². The molecule has 0 heterocycles. The van der Waals surface area contributed by atoms with Crippen molar-refractivity contribution in [2.45, 2.75) is 10.6 Å². The Balaban J connectivity index is 1.78. The van der Waals surface area contributed by atoms with Gasteiger partial charge in [0.1, 0.15) is 11.5 Å². The Labute approximate surface area is 154 Å². The third-order valence-corrected chi connectivity index (χ3v) is 5.45. The highest BCUT2D eigenvalue weighted by Gasteiger charge is 2.35. The van der Waals surface area contributed by atoms with Crippen molar-refractivity contribution in [2.75, 3.05) is 0 Å². The van der Waals surface area contributed by atoms with E-state index in [1.54, 1.807) is 24.3 Å². The molecule has 0 amide bonds. The van der Waals surface area contributed by atoms with Crippen LogP contribution in [0.15, 0.2) is 65.6 Å². The van der Waals surface area contributed by atoms with Gasteiger partial charge in [-0.1, -0.05) is 54.6 Å². The van der Waals surface area contributed by atoms with Crippen molar-refractivity contribution in [3.05, 3.63) is 88.5 Å². The van der Waals surface area contributed by atoms with Gasteiger partial charge in [-0.3, -0.25) is 9.59 Å². The number of carbonyl (C=O) groups excluding carboxylic acids is 2. The molecular formula is C21H14O4S. The molecule has 26 heavy (non-hydrogen) atoms. The lowest BCUT2D eigenvalue weighted by atomic mass is 9.83. The number of ketones is 2. The van der Waals surface area contributed by atoms with Gasteiger partial charge >= 0.3 is 0 Å². The van der Waals surface area contributed by atoms with Crippen molar-refractivity contribution in [2.24, 2.45) is 0 Å². The lowest BCUT2D eigenvalue weighted by Gasteiger charge is -2.20. The third-order valence-electron chi connectivity index (χ3n) is 4.35. The summed E-state index contributed by atoms with van der Waals surface area (Å²) >= 11 is 1.30. The Kier molecular flexibility index (Phi) is 4.01. The SMILES string of the molecule is O=C1c2ccccc2C(=O)c2c(O)c(SCc3ccccc3)cc(O)c21. The van der Waals surface area contributed by atoms with E-state index in [1.165, 1.54) is 17.8 Å². The zero-order valence-electron chi connectivity index (χ0n) is 13.6. The van der Waals surface area contributed by atoms with Crippen LogP contribution in [-0.2, 0) is 5.75 Å². The summed E-state index contributed by atoms with van der Waals surface area (Å²) in [4.78, 5) is 25.9. The number of hydrogen-bond donors (Lipinski definition) is 2. The van der Waals surface area contributed by atoms with Crippen LogP contribution >= 0.6 is 11.8 Å². The maximum Gasteiger partial charge on any atom is 0.198 e. The van der Waals surface area contributed by atoms with E-state index in [9.17, 15) is 19.8 Å². The van der Waals surface area contributed by atoms with Crippen LogP contribution in [0.4, 0.5) is 0 Å². The number of carbonyl (C=O) groups is 2. The number of aromatic hydroxyl groups is 2. The molecule has 0 aliphatic heterocycles. The maximum absolute atomic E-state index is 12.8. The van der Waals surface area contributed by atoms with Gasteiger partial charge in [-0.15, -0.1) is 11.8 Å². The molecule has 0 spiro atoms. The fourth-order valence-corrected chi connectivity index (χ4v) is 4.03. The summed E-state index contributed by atoms with van der Waals surface area (Å²) in [6.07, 6.45) is 0. The lowest BCUT2D eigenvalue weighted by Crippen LogP contribution is -2.21. The van der Waals surface area contributed by atoms with Crippen LogP contribution in [0.3, 0.4) is 0 Å². The summed E-state index contributed by atoms with van der Waals surface area (Å²) in [5.74, 6) is -0.897. The molecule has 4 rings (SSSR count). The Morgan fingerprint density at radius 3 is 2.00 bits per heavy atom. The number of rotatable bonds is 3. The molecule has 3 aromatic rings. The average molecular weight is 362 g/mol. The first-order valence-corrected chi connectivity index (χ1v) is 9.00. The number of fused-ring (bicyclic) bond motifs is 2. The Hall–Kier alpha value is -3.05. The highest BCUT2D eigenvalue weighted by Crippen LogP contribution is 2.44. The van der Waals surface area contributed by atoms with E-state index in [0.29, 0.717) is 10.6 Å². The third kappa shape index (κ3) is 2.57. The van der Waals surface area contributed by atoms with Crippen LogP contribution in [0.25, 0.3) is 0 Å². The summed E-state index contributed by atoms with van der Waals surface area (Å²) in [6.45, 7) is 0. The van der Waals surface area contributed by atoms with E-state index >= 15 is 0 Å². The molecule has 0 saturated carbocycles. The highest BCUT2D eigenvalue weighted by molar-refractivity contribution is 7.98. The summed E-state index contributed by atoms with van der Waals surface area (Å²) in [5, 5.41) is 21.0.